The van der Waals surface area contributed by atoms with Gasteiger partial charge in [0.1, 0.15) is 11.5 Å². The molecule has 0 spiro atoms. The minimum atomic E-state index is -0.336. The number of hydrogen-bond donors (Lipinski definition) is 1. The summed E-state index contributed by atoms with van der Waals surface area (Å²) in [5.41, 5.74) is 1.36. The lowest BCUT2D eigenvalue weighted by Crippen LogP contribution is -2.08. The molecule has 0 fully saturated rings. The number of rotatable bonds is 6. The van der Waals surface area contributed by atoms with Crippen molar-refractivity contribution in [1.82, 2.24) is 0 Å². The topological polar surface area (TPSA) is 55.8 Å². The number of phenolic OH excluding ortho intramolecular Hbond substituents is 1. The number of phenols is 1. The van der Waals surface area contributed by atoms with Gasteiger partial charge in [-0.1, -0.05) is 25.1 Å². The third-order valence-electron chi connectivity index (χ3n) is 3.33. The van der Waals surface area contributed by atoms with Crippen LogP contribution in [0.25, 0.3) is 0 Å². The second-order valence-electron chi connectivity index (χ2n) is 5.02. The highest BCUT2D eigenvalue weighted by molar-refractivity contribution is 5.89. The first-order chi connectivity index (χ1) is 10.6. The Morgan fingerprint density at radius 1 is 1.14 bits per heavy atom. The molecule has 2 aromatic carbocycles. The zero-order valence-electron chi connectivity index (χ0n) is 12.8. The molecule has 1 N–H and O–H groups in total. The quantitative estimate of drug-likeness (QED) is 0.825. The Morgan fingerprint density at radius 3 is 2.45 bits per heavy atom. The van der Waals surface area contributed by atoms with Crippen LogP contribution in [-0.4, -0.2) is 24.3 Å². The summed E-state index contributed by atoms with van der Waals surface area (Å²) in [5, 5.41) is 9.82. The Kier molecular flexibility index (Phi) is 5.42. The number of benzene rings is 2. The van der Waals surface area contributed by atoms with E-state index in [1.807, 2.05) is 19.1 Å². The molecule has 0 saturated heterocycles. The Morgan fingerprint density at radius 2 is 1.82 bits per heavy atom. The van der Waals surface area contributed by atoms with Crippen molar-refractivity contribution < 1.29 is 19.4 Å². The summed E-state index contributed by atoms with van der Waals surface area (Å²) < 4.78 is 10.6. The first-order valence-electron chi connectivity index (χ1n) is 7.29. The Bertz CT molecular complexity index is 619. The lowest BCUT2D eigenvalue weighted by molar-refractivity contribution is 0.0526. The molecule has 1 unspecified atom stereocenters. The third kappa shape index (κ3) is 4.01. The highest BCUT2D eigenvalue weighted by Crippen LogP contribution is 2.25. The van der Waals surface area contributed by atoms with Crippen LogP contribution in [0.4, 0.5) is 0 Å². The fraction of sp³-hybridized carbons (Fsp3) is 0.278. The van der Waals surface area contributed by atoms with Crippen molar-refractivity contribution in [3.63, 3.8) is 0 Å². The summed E-state index contributed by atoms with van der Waals surface area (Å²) in [7, 11) is 0. The molecular formula is C18H20O4. The van der Waals surface area contributed by atoms with E-state index in [-0.39, 0.29) is 17.6 Å². The molecule has 4 nitrogen and oxygen atoms in total. The highest BCUT2D eigenvalue weighted by Gasteiger charge is 2.11. The Labute approximate surface area is 130 Å². The first-order valence-corrected chi connectivity index (χ1v) is 7.29. The predicted octanol–water partition coefficient (Wildman–Crippen LogP) is 3.75. The summed E-state index contributed by atoms with van der Waals surface area (Å²) in [4.78, 5) is 11.6. The number of para-hydroxylation sites is 1. The summed E-state index contributed by atoms with van der Waals surface area (Å²) >= 11 is 0. The SMILES string of the molecule is CCOC(=O)c1ccc(OCC(C)c2ccccc2O)cc1. The molecule has 0 aromatic heterocycles. The normalized spacial score (nSPS) is 11.7. The van der Waals surface area contributed by atoms with Gasteiger partial charge < -0.3 is 14.6 Å². The standard InChI is InChI=1S/C18H20O4/c1-3-21-18(20)14-8-10-15(11-9-14)22-12-13(2)16-6-4-5-7-17(16)19/h4-11,13,19H,3,12H2,1-2H3. The summed E-state index contributed by atoms with van der Waals surface area (Å²) in [6.45, 7) is 4.56. The van der Waals surface area contributed by atoms with E-state index in [1.54, 1.807) is 43.3 Å². The van der Waals surface area contributed by atoms with Gasteiger partial charge in [-0.2, -0.15) is 0 Å². The molecule has 2 rings (SSSR count). The minimum absolute atomic E-state index is 0.0610. The molecule has 0 bridgehead atoms. The molecule has 0 amide bonds. The monoisotopic (exact) mass is 300 g/mol. The molecule has 0 heterocycles. The summed E-state index contributed by atoms with van der Waals surface area (Å²) in [5.74, 6) is 0.675. The molecule has 2 aromatic rings. The van der Waals surface area contributed by atoms with Gasteiger partial charge in [0.2, 0.25) is 0 Å². The zero-order chi connectivity index (χ0) is 15.9. The molecule has 0 aliphatic rings. The van der Waals surface area contributed by atoms with E-state index in [2.05, 4.69) is 0 Å². The minimum Gasteiger partial charge on any atom is -0.508 e. The van der Waals surface area contributed by atoms with E-state index in [0.717, 1.165) is 5.56 Å². The van der Waals surface area contributed by atoms with Crippen LogP contribution in [0.5, 0.6) is 11.5 Å². The van der Waals surface area contributed by atoms with Crippen LogP contribution in [0.3, 0.4) is 0 Å². The second-order valence-corrected chi connectivity index (χ2v) is 5.02. The van der Waals surface area contributed by atoms with Gasteiger partial charge in [0.25, 0.3) is 0 Å². The summed E-state index contributed by atoms with van der Waals surface area (Å²) in [6, 6.07) is 14.1. The molecule has 0 aliphatic heterocycles. The smallest absolute Gasteiger partial charge is 0.338 e. The molecule has 116 valence electrons. The highest BCUT2D eigenvalue weighted by atomic mass is 16.5. The van der Waals surface area contributed by atoms with Gasteiger partial charge in [-0.3, -0.25) is 0 Å². The maximum Gasteiger partial charge on any atom is 0.338 e. The van der Waals surface area contributed by atoms with Crippen molar-refractivity contribution in [3.05, 3.63) is 59.7 Å². The van der Waals surface area contributed by atoms with Gasteiger partial charge in [0.05, 0.1) is 18.8 Å². The van der Waals surface area contributed by atoms with E-state index in [1.165, 1.54) is 0 Å². The third-order valence-corrected chi connectivity index (χ3v) is 3.33. The molecule has 0 radical (unpaired) electrons. The Balaban J connectivity index is 1.94. The van der Waals surface area contributed by atoms with E-state index in [0.29, 0.717) is 24.5 Å². The van der Waals surface area contributed by atoms with Crippen LogP contribution in [0.2, 0.25) is 0 Å². The van der Waals surface area contributed by atoms with Crippen LogP contribution in [0, 0.1) is 0 Å². The van der Waals surface area contributed by atoms with Crippen molar-refractivity contribution in [2.45, 2.75) is 19.8 Å². The van der Waals surface area contributed by atoms with E-state index >= 15 is 0 Å². The average molecular weight is 300 g/mol. The largest absolute Gasteiger partial charge is 0.508 e. The number of hydrogen-bond acceptors (Lipinski definition) is 4. The summed E-state index contributed by atoms with van der Waals surface area (Å²) in [6.07, 6.45) is 0. The molecule has 0 aliphatic carbocycles. The van der Waals surface area contributed by atoms with Crippen molar-refractivity contribution >= 4 is 5.97 Å². The maximum atomic E-state index is 11.6. The van der Waals surface area contributed by atoms with E-state index in [9.17, 15) is 9.90 Å². The van der Waals surface area contributed by atoms with Crippen LogP contribution in [0.1, 0.15) is 35.7 Å². The average Bonchev–Trinajstić information content (AvgIpc) is 2.54. The number of carbonyl (C=O) groups is 1. The van der Waals surface area contributed by atoms with Crippen molar-refractivity contribution in [2.75, 3.05) is 13.2 Å². The first kappa shape index (κ1) is 15.9. The lowest BCUT2D eigenvalue weighted by atomic mass is 10.0. The molecule has 4 heteroatoms. The number of carbonyl (C=O) groups excluding carboxylic acids is 1. The van der Waals surface area contributed by atoms with Gasteiger partial charge >= 0.3 is 5.97 Å². The molecule has 0 saturated carbocycles. The van der Waals surface area contributed by atoms with Gasteiger partial charge in [-0.15, -0.1) is 0 Å². The fourth-order valence-corrected chi connectivity index (χ4v) is 2.12. The predicted molar refractivity (Wildman–Crippen MR) is 84.4 cm³/mol. The van der Waals surface area contributed by atoms with Gasteiger partial charge in [-0.25, -0.2) is 4.79 Å². The van der Waals surface area contributed by atoms with Gasteiger partial charge in [0.15, 0.2) is 0 Å². The number of esters is 1. The molecule has 1 atom stereocenters. The second kappa shape index (κ2) is 7.50. The van der Waals surface area contributed by atoms with E-state index in [4.69, 9.17) is 9.47 Å². The van der Waals surface area contributed by atoms with Crippen LogP contribution < -0.4 is 4.74 Å². The zero-order valence-corrected chi connectivity index (χ0v) is 12.8. The van der Waals surface area contributed by atoms with Gasteiger partial charge in [-0.05, 0) is 37.3 Å². The van der Waals surface area contributed by atoms with Crippen molar-refractivity contribution in [2.24, 2.45) is 0 Å². The van der Waals surface area contributed by atoms with Crippen molar-refractivity contribution in [3.8, 4) is 11.5 Å². The number of ether oxygens (including phenoxy) is 2. The Hall–Kier alpha value is -2.49. The van der Waals surface area contributed by atoms with Crippen molar-refractivity contribution in [1.29, 1.82) is 0 Å². The molecule has 22 heavy (non-hydrogen) atoms. The van der Waals surface area contributed by atoms with Crippen LogP contribution in [0.15, 0.2) is 48.5 Å². The van der Waals surface area contributed by atoms with Gasteiger partial charge in [0, 0.05) is 11.5 Å². The molecular weight excluding hydrogens is 280 g/mol. The lowest BCUT2D eigenvalue weighted by Gasteiger charge is -2.15. The number of aromatic hydroxyl groups is 1. The van der Waals surface area contributed by atoms with E-state index < -0.39 is 0 Å². The fourth-order valence-electron chi connectivity index (χ4n) is 2.12. The van der Waals surface area contributed by atoms with Crippen LogP contribution >= 0.6 is 0 Å². The van der Waals surface area contributed by atoms with Crippen LogP contribution in [-0.2, 0) is 4.74 Å². The maximum absolute atomic E-state index is 11.6.